The maximum absolute atomic E-state index is 12.9. The highest BCUT2D eigenvalue weighted by molar-refractivity contribution is 6.30. The molecule has 0 bridgehead atoms. The van der Waals surface area contributed by atoms with Gasteiger partial charge in [-0.3, -0.25) is 4.79 Å². The van der Waals surface area contributed by atoms with E-state index in [9.17, 15) is 4.79 Å². The number of anilines is 1. The van der Waals surface area contributed by atoms with Gasteiger partial charge in [0, 0.05) is 28.9 Å². The zero-order chi connectivity index (χ0) is 21.0. The van der Waals surface area contributed by atoms with Gasteiger partial charge in [-0.2, -0.15) is 0 Å². The lowest BCUT2D eigenvalue weighted by atomic mass is 10.0. The first-order valence-corrected chi connectivity index (χ1v) is 9.81. The first-order chi connectivity index (χ1) is 14.0. The molecule has 152 valence electrons. The number of rotatable bonds is 7. The molecule has 2 aromatic carbocycles. The second-order valence-electron chi connectivity index (χ2n) is 6.71. The summed E-state index contributed by atoms with van der Waals surface area (Å²) in [6.07, 6.45) is 2.22. The van der Waals surface area contributed by atoms with Gasteiger partial charge in [0.05, 0.1) is 20.6 Å². The van der Waals surface area contributed by atoms with E-state index in [1.165, 1.54) is 0 Å². The highest BCUT2D eigenvalue weighted by Crippen LogP contribution is 2.35. The lowest BCUT2D eigenvalue weighted by molar-refractivity contribution is -0.115. The van der Waals surface area contributed by atoms with Crippen molar-refractivity contribution in [1.82, 2.24) is 4.57 Å². The molecule has 0 saturated heterocycles. The lowest BCUT2D eigenvalue weighted by Crippen LogP contribution is -2.18. The van der Waals surface area contributed by atoms with Crippen LogP contribution in [-0.4, -0.2) is 24.7 Å². The minimum absolute atomic E-state index is 0.125. The Labute approximate surface area is 176 Å². The molecule has 29 heavy (non-hydrogen) atoms. The Morgan fingerprint density at radius 3 is 2.45 bits per heavy atom. The Morgan fingerprint density at radius 2 is 1.83 bits per heavy atom. The van der Waals surface area contributed by atoms with Gasteiger partial charge in [0.15, 0.2) is 11.5 Å². The number of hydrogen-bond donors (Lipinski definition) is 1. The van der Waals surface area contributed by atoms with E-state index in [-0.39, 0.29) is 12.3 Å². The normalized spacial score (nSPS) is 10.7. The molecule has 0 atom stereocenters. The zero-order valence-corrected chi connectivity index (χ0v) is 17.8. The number of aryl methyl sites for hydroxylation is 2. The van der Waals surface area contributed by atoms with Crippen LogP contribution in [0.3, 0.4) is 0 Å². The van der Waals surface area contributed by atoms with Gasteiger partial charge in [0.1, 0.15) is 5.82 Å². The molecule has 1 heterocycles. The molecule has 0 radical (unpaired) electrons. The average Bonchev–Trinajstić information content (AvgIpc) is 3.03. The van der Waals surface area contributed by atoms with E-state index in [0.717, 1.165) is 34.6 Å². The van der Waals surface area contributed by atoms with Crippen molar-refractivity contribution in [3.05, 3.63) is 64.8 Å². The number of nitrogens with zero attached hydrogens (tertiary/aromatic N) is 1. The molecule has 3 aromatic rings. The summed E-state index contributed by atoms with van der Waals surface area (Å²) in [7, 11) is 3.15. The second kappa shape index (κ2) is 9.05. The molecule has 0 saturated carbocycles. The second-order valence-corrected chi connectivity index (χ2v) is 7.14. The molecule has 1 amide bonds. The molecule has 0 aliphatic carbocycles. The Balaban J connectivity index is 1.92. The van der Waals surface area contributed by atoms with E-state index in [4.69, 9.17) is 21.1 Å². The summed E-state index contributed by atoms with van der Waals surface area (Å²) in [4.78, 5) is 12.9. The first kappa shape index (κ1) is 20.8. The van der Waals surface area contributed by atoms with Crippen LogP contribution >= 0.6 is 11.6 Å². The Kier molecular flexibility index (Phi) is 6.49. The van der Waals surface area contributed by atoms with Crippen molar-refractivity contribution < 1.29 is 14.3 Å². The summed E-state index contributed by atoms with van der Waals surface area (Å²) in [5.74, 6) is 1.83. The molecule has 0 aliphatic heterocycles. The molecule has 6 heteroatoms. The standard InChI is InChI=1S/C23H25ClN2O3/c1-5-26-14-15(2)21(16-9-11-18(24)12-10-16)23(26)25-20(27)13-17-7-6-8-19(28-3)22(17)29-4/h6-12,14H,5,13H2,1-4H3,(H,25,27). The maximum Gasteiger partial charge on any atom is 0.230 e. The highest BCUT2D eigenvalue weighted by atomic mass is 35.5. The number of carbonyl (C=O) groups is 1. The van der Waals surface area contributed by atoms with Crippen LogP contribution in [0, 0.1) is 6.92 Å². The van der Waals surface area contributed by atoms with Gasteiger partial charge in [-0.1, -0.05) is 35.9 Å². The Morgan fingerprint density at radius 1 is 1.10 bits per heavy atom. The van der Waals surface area contributed by atoms with Gasteiger partial charge >= 0.3 is 0 Å². The zero-order valence-electron chi connectivity index (χ0n) is 17.1. The SMILES string of the molecule is CCn1cc(C)c(-c2ccc(Cl)cc2)c1NC(=O)Cc1cccc(OC)c1OC. The van der Waals surface area contributed by atoms with E-state index in [1.807, 2.05) is 67.1 Å². The molecule has 5 nitrogen and oxygen atoms in total. The van der Waals surface area contributed by atoms with E-state index in [0.29, 0.717) is 16.5 Å². The minimum Gasteiger partial charge on any atom is -0.493 e. The average molecular weight is 413 g/mol. The minimum atomic E-state index is -0.125. The smallest absolute Gasteiger partial charge is 0.230 e. The fourth-order valence-electron chi connectivity index (χ4n) is 3.50. The fourth-order valence-corrected chi connectivity index (χ4v) is 3.63. The number of hydrogen-bond acceptors (Lipinski definition) is 3. The summed E-state index contributed by atoms with van der Waals surface area (Å²) < 4.78 is 12.8. The number of halogens is 1. The third-order valence-electron chi connectivity index (χ3n) is 4.83. The van der Waals surface area contributed by atoms with Crippen molar-refractivity contribution >= 4 is 23.3 Å². The van der Waals surface area contributed by atoms with Gasteiger partial charge in [0.2, 0.25) is 5.91 Å². The predicted octanol–water partition coefficient (Wildman–Crippen LogP) is 5.34. The molecule has 0 aliphatic rings. The number of nitrogens with one attached hydrogen (secondary N) is 1. The Bertz CT molecular complexity index is 1010. The van der Waals surface area contributed by atoms with Crippen molar-refractivity contribution in [2.24, 2.45) is 0 Å². The number of methoxy groups -OCH3 is 2. The van der Waals surface area contributed by atoms with Crippen molar-refractivity contribution in [1.29, 1.82) is 0 Å². The molecule has 1 aromatic heterocycles. The molecule has 1 N–H and O–H groups in total. The van der Waals surface area contributed by atoms with Crippen LogP contribution in [0.1, 0.15) is 18.1 Å². The van der Waals surface area contributed by atoms with Crippen LogP contribution < -0.4 is 14.8 Å². The van der Waals surface area contributed by atoms with Crippen molar-refractivity contribution in [3.8, 4) is 22.6 Å². The molecule has 0 spiro atoms. The summed E-state index contributed by atoms with van der Waals surface area (Å²) in [5, 5.41) is 3.77. The highest BCUT2D eigenvalue weighted by Gasteiger charge is 2.19. The molecule has 0 unspecified atom stereocenters. The van der Waals surface area contributed by atoms with Crippen molar-refractivity contribution in [2.75, 3.05) is 19.5 Å². The van der Waals surface area contributed by atoms with Crippen LogP contribution in [0.2, 0.25) is 5.02 Å². The first-order valence-electron chi connectivity index (χ1n) is 9.43. The summed E-state index contributed by atoms with van der Waals surface area (Å²) >= 11 is 6.04. The molecule has 3 rings (SSSR count). The lowest BCUT2D eigenvalue weighted by Gasteiger charge is -2.14. The predicted molar refractivity (Wildman–Crippen MR) is 117 cm³/mol. The Hall–Kier alpha value is -2.92. The van der Waals surface area contributed by atoms with Crippen LogP contribution in [-0.2, 0) is 17.8 Å². The van der Waals surface area contributed by atoms with Crippen molar-refractivity contribution in [3.63, 3.8) is 0 Å². The maximum atomic E-state index is 12.9. The summed E-state index contributed by atoms with van der Waals surface area (Å²) in [5.41, 5.74) is 3.86. The van der Waals surface area contributed by atoms with Gasteiger partial charge in [-0.05, 0) is 43.2 Å². The summed E-state index contributed by atoms with van der Waals surface area (Å²) in [6, 6.07) is 13.2. The monoisotopic (exact) mass is 412 g/mol. The number of para-hydroxylation sites is 1. The topological polar surface area (TPSA) is 52.5 Å². The number of carbonyl (C=O) groups excluding carboxylic acids is 1. The van der Waals surface area contributed by atoms with Crippen LogP contribution in [0.25, 0.3) is 11.1 Å². The van der Waals surface area contributed by atoms with Crippen LogP contribution in [0.15, 0.2) is 48.7 Å². The van der Waals surface area contributed by atoms with E-state index < -0.39 is 0 Å². The summed E-state index contributed by atoms with van der Waals surface area (Å²) in [6.45, 7) is 4.83. The molecular formula is C23H25ClN2O3. The molecular weight excluding hydrogens is 388 g/mol. The largest absolute Gasteiger partial charge is 0.493 e. The van der Waals surface area contributed by atoms with Gasteiger partial charge < -0.3 is 19.4 Å². The molecule has 0 fully saturated rings. The fraction of sp³-hybridized carbons (Fsp3) is 0.261. The number of amides is 1. The van der Waals surface area contributed by atoms with E-state index in [2.05, 4.69) is 5.32 Å². The number of benzene rings is 2. The third-order valence-corrected chi connectivity index (χ3v) is 5.09. The van der Waals surface area contributed by atoms with Gasteiger partial charge in [-0.25, -0.2) is 0 Å². The van der Waals surface area contributed by atoms with Gasteiger partial charge in [-0.15, -0.1) is 0 Å². The quantitative estimate of drug-likeness (QED) is 0.570. The van der Waals surface area contributed by atoms with Crippen LogP contribution in [0.5, 0.6) is 11.5 Å². The number of aromatic nitrogens is 1. The third kappa shape index (κ3) is 4.40. The van der Waals surface area contributed by atoms with Crippen molar-refractivity contribution in [2.45, 2.75) is 26.8 Å². The van der Waals surface area contributed by atoms with E-state index in [1.54, 1.807) is 14.2 Å². The van der Waals surface area contributed by atoms with E-state index >= 15 is 0 Å². The van der Waals surface area contributed by atoms with Crippen LogP contribution in [0.4, 0.5) is 5.82 Å². The van der Waals surface area contributed by atoms with Gasteiger partial charge in [0.25, 0.3) is 0 Å². The number of ether oxygens (including phenoxy) is 2.